The van der Waals surface area contributed by atoms with Crippen molar-refractivity contribution in [2.24, 2.45) is 5.73 Å². The third-order valence-electron chi connectivity index (χ3n) is 2.09. The van der Waals surface area contributed by atoms with E-state index in [0.717, 1.165) is 12.0 Å². The summed E-state index contributed by atoms with van der Waals surface area (Å²) in [6, 6.07) is 5.64. The van der Waals surface area contributed by atoms with Gasteiger partial charge in [0.15, 0.2) is 0 Å². The first-order valence-electron chi connectivity index (χ1n) is 4.05. The minimum atomic E-state index is -0.345. The molecule has 0 radical (unpaired) electrons. The van der Waals surface area contributed by atoms with E-state index in [1.165, 1.54) is 5.56 Å². The Morgan fingerprint density at radius 3 is 2.67 bits per heavy atom. The van der Waals surface area contributed by atoms with Gasteiger partial charge in [0.2, 0.25) is 5.91 Å². The van der Waals surface area contributed by atoms with Gasteiger partial charge in [0.25, 0.3) is 0 Å². The van der Waals surface area contributed by atoms with E-state index < -0.39 is 0 Å². The minimum absolute atomic E-state index is 0.345. The minimum Gasteiger partial charge on any atom is -0.366 e. The molecule has 12 heavy (non-hydrogen) atoms. The van der Waals surface area contributed by atoms with Crippen LogP contribution in [0.5, 0.6) is 0 Å². The van der Waals surface area contributed by atoms with E-state index in [0.29, 0.717) is 5.56 Å². The van der Waals surface area contributed by atoms with Gasteiger partial charge >= 0.3 is 0 Å². The molecular weight excluding hydrogens is 150 g/mol. The molecule has 0 aliphatic carbocycles. The van der Waals surface area contributed by atoms with Gasteiger partial charge in [-0.2, -0.15) is 0 Å². The monoisotopic (exact) mass is 163 g/mol. The van der Waals surface area contributed by atoms with Gasteiger partial charge in [-0.25, -0.2) is 0 Å². The van der Waals surface area contributed by atoms with Crippen molar-refractivity contribution >= 4 is 5.91 Å². The smallest absolute Gasteiger partial charge is 0.248 e. The van der Waals surface area contributed by atoms with Gasteiger partial charge < -0.3 is 5.73 Å². The molecule has 1 aromatic carbocycles. The van der Waals surface area contributed by atoms with Gasteiger partial charge in [-0.1, -0.05) is 19.1 Å². The lowest BCUT2D eigenvalue weighted by molar-refractivity contribution is 0.0999. The second kappa shape index (κ2) is 3.39. The first kappa shape index (κ1) is 8.78. The Morgan fingerprint density at radius 2 is 2.17 bits per heavy atom. The van der Waals surface area contributed by atoms with Crippen molar-refractivity contribution in [3.8, 4) is 0 Å². The summed E-state index contributed by atoms with van der Waals surface area (Å²) in [5, 5.41) is 0. The molecule has 0 bridgehead atoms. The van der Waals surface area contributed by atoms with Crippen LogP contribution in [0.4, 0.5) is 0 Å². The highest BCUT2D eigenvalue weighted by atomic mass is 16.1. The maximum atomic E-state index is 10.9. The first-order valence-corrected chi connectivity index (χ1v) is 4.05. The number of nitrogens with two attached hydrogens (primary N) is 1. The molecule has 1 rings (SSSR count). The van der Waals surface area contributed by atoms with E-state index in [1.807, 2.05) is 19.1 Å². The van der Waals surface area contributed by atoms with Crippen molar-refractivity contribution in [2.75, 3.05) is 0 Å². The Bertz CT molecular complexity index is 305. The lowest BCUT2D eigenvalue weighted by Gasteiger charge is -2.05. The molecule has 0 aliphatic heterocycles. The number of aryl methyl sites for hydroxylation is 1. The maximum Gasteiger partial charge on any atom is 0.248 e. The molecule has 2 heteroatoms. The molecule has 0 spiro atoms. The van der Waals surface area contributed by atoms with Crippen LogP contribution >= 0.6 is 0 Å². The topological polar surface area (TPSA) is 43.1 Å². The van der Waals surface area contributed by atoms with Crippen molar-refractivity contribution in [1.29, 1.82) is 0 Å². The Labute approximate surface area is 72.4 Å². The zero-order chi connectivity index (χ0) is 9.14. The molecule has 0 saturated carbocycles. The second-order valence-electron chi connectivity index (χ2n) is 2.81. The number of carbonyl (C=O) groups is 1. The van der Waals surface area contributed by atoms with Crippen molar-refractivity contribution in [2.45, 2.75) is 20.3 Å². The molecule has 0 aliphatic rings. The summed E-state index contributed by atoms with van der Waals surface area (Å²) in [6.45, 7) is 3.99. The third kappa shape index (κ3) is 1.47. The predicted molar refractivity (Wildman–Crippen MR) is 49.1 cm³/mol. The van der Waals surface area contributed by atoms with Crippen LogP contribution in [0.1, 0.15) is 28.4 Å². The fourth-order valence-corrected chi connectivity index (χ4v) is 1.33. The summed E-state index contributed by atoms with van der Waals surface area (Å²) in [4.78, 5) is 10.9. The van der Waals surface area contributed by atoms with Crippen LogP contribution in [-0.4, -0.2) is 5.91 Å². The number of carbonyl (C=O) groups excluding carboxylic acids is 1. The third-order valence-corrected chi connectivity index (χ3v) is 2.09. The summed E-state index contributed by atoms with van der Waals surface area (Å²) in [6.07, 6.45) is 0.937. The zero-order valence-electron chi connectivity index (χ0n) is 7.42. The molecule has 2 nitrogen and oxygen atoms in total. The Kier molecular flexibility index (Phi) is 2.48. The Morgan fingerprint density at radius 1 is 1.50 bits per heavy atom. The highest BCUT2D eigenvalue weighted by Gasteiger charge is 2.05. The van der Waals surface area contributed by atoms with Crippen LogP contribution in [0, 0.1) is 6.92 Å². The molecule has 1 amide bonds. The molecule has 64 valence electrons. The van der Waals surface area contributed by atoms with Gasteiger partial charge in [0.05, 0.1) is 0 Å². The molecule has 0 atom stereocenters. The largest absolute Gasteiger partial charge is 0.366 e. The molecular formula is C10H13NO. The number of hydrogen-bond acceptors (Lipinski definition) is 1. The summed E-state index contributed by atoms with van der Waals surface area (Å²) in [5.41, 5.74) is 8.03. The van der Waals surface area contributed by atoms with Crippen molar-refractivity contribution in [3.05, 3.63) is 34.9 Å². The number of benzene rings is 1. The van der Waals surface area contributed by atoms with Crippen molar-refractivity contribution in [1.82, 2.24) is 0 Å². The number of hydrogen-bond donors (Lipinski definition) is 1. The number of amides is 1. The SMILES string of the molecule is CCc1cccc(C(N)=O)c1C. The van der Waals surface area contributed by atoms with E-state index in [-0.39, 0.29) is 5.91 Å². The maximum absolute atomic E-state index is 10.9. The van der Waals surface area contributed by atoms with Gasteiger partial charge in [-0.15, -0.1) is 0 Å². The van der Waals surface area contributed by atoms with Gasteiger partial charge in [-0.05, 0) is 30.5 Å². The first-order chi connectivity index (χ1) is 5.66. The summed E-state index contributed by atoms with van der Waals surface area (Å²) >= 11 is 0. The molecule has 0 fully saturated rings. The van der Waals surface area contributed by atoms with Crippen LogP contribution in [0.2, 0.25) is 0 Å². The molecule has 2 N–H and O–H groups in total. The van der Waals surface area contributed by atoms with E-state index in [4.69, 9.17) is 5.73 Å². The van der Waals surface area contributed by atoms with E-state index in [1.54, 1.807) is 6.07 Å². The summed E-state index contributed by atoms with van der Waals surface area (Å²) < 4.78 is 0. The Balaban J connectivity index is 3.23. The van der Waals surface area contributed by atoms with Crippen LogP contribution in [0.15, 0.2) is 18.2 Å². The van der Waals surface area contributed by atoms with Crippen molar-refractivity contribution in [3.63, 3.8) is 0 Å². The van der Waals surface area contributed by atoms with E-state index in [9.17, 15) is 4.79 Å². The quantitative estimate of drug-likeness (QED) is 0.707. The average Bonchev–Trinajstić information content (AvgIpc) is 2.04. The number of primary amides is 1. The molecule has 0 heterocycles. The van der Waals surface area contributed by atoms with E-state index in [2.05, 4.69) is 6.92 Å². The average molecular weight is 163 g/mol. The summed E-state index contributed by atoms with van der Waals surface area (Å²) in [5.74, 6) is -0.345. The molecule has 1 aromatic rings. The fraction of sp³-hybridized carbons (Fsp3) is 0.300. The van der Waals surface area contributed by atoms with Crippen LogP contribution < -0.4 is 5.73 Å². The zero-order valence-corrected chi connectivity index (χ0v) is 7.42. The molecule has 0 saturated heterocycles. The lowest BCUT2D eigenvalue weighted by Crippen LogP contribution is -2.13. The fourth-order valence-electron chi connectivity index (χ4n) is 1.33. The van der Waals surface area contributed by atoms with Gasteiger partial charge in [0.1, 0.15) is 0 Å². The second-order valence-corrected chi connectivity index (χ2v) is 2.81. The normalized spacial score (nSPS) is 9.83. The van der Waals surface area contributed by atoms with Gasteiger partial charge in [-0.3, -0.25) is 4.79 Å². The number of rotatable bonds is 2. The van der Waals surface area contributed by atoms with Crippen molar-refractivity contribution < 1.29 is 4.79 Å². The highest BCUT2D eigenvalue weighted by molar-refractivity contribution is 5.94. The molecule has 0 aromatic heterocycles. The lowest BCUT2D eigenvalue weighted by atomic mass is 10.0. The standard InChI is InChI=1S/C10H13NO/c1-3-8-5-4-6-9(7(8)2)10(11)12/h4-6H,3H2,1-2H3,(H2,11,12). The van der Waals surface area contributed by atoms with Crippen LogP contribution in [0.3, 0.4) is 0 Å². The van der Waals surface area contributed by atoms with E-state index >= 15 is 0 Å². The van der Waals surface area contributed by atoms with Crippen LogP contribution in [0.25, 0.3) is 0 Å². The van der Waals surface area contributed by atoms with Gasteiger partial charge in [0, 0.05) is 5.56 Å². The van der Waals surface area contributed by atoms with Crippen LogP contribution in [-0.2, 0) is 6.42 Å². The molecule has 0 unspecified atom stereocenters. The summed E-state index contributed by atoms with van der Waals surface area (Å²) in [7, 11) is 0. The Hall–Kier alpha value is -1.31. The predicted octanol–water partition coefficient (Wildman–Crippen LogP) is 1.66. The highest BCUT2D eigenvalue weighted by Crippen LogP contribution is 2.13.